The van der Waals surface area contributed by atoms with Gasteiger partial charge in [-0.3, -0.25) is 0 Å². The van der Waals surface area contributed by atoms with Gasteiger partial charge in [0.25, 0.3) is 0 Å². The number of carbonyl (C=O) groups is 7. The Bertz CT molecular complexity index is 3010. The quantitative estimate of drug-likeness (QED) is 0.0784. The molecule has 16 bridgehead atoms. The fraction of sp³-hybridized carbons (Fsp3) is 0.765. The minimum absolute atomic E-state index is 0.163. The second-order valence-electron chi connectivity index (χ2n) is 34.5. The molecule has 1 heterocycles. The van der Waals surface area contributed by atoms with Gasteiger partial charge in [-0.1, -0.05) is 73.6 Å². The maximum Gasteiger partial charge on any atom is 0.347 e. The lowest BCUT2D eigenvalue weighted by Gasteiger charge is -2.62. The summed E-state index contributed by atoms with van der Waals surface area (Å²) in [6, 6.07) is 0. The molecule has 17 aliphatic carbocycles. The van der Waals surface area contributed by atoms with Crippen molar-refractivity contribution in [3.63, 3.8) is 0 Å². The Kier molecular flexibility index (Phi) is 23.4. The molecule has 17 heteroatoms. The van der Waals surface area contributed by atoms with E-state index in [0.29, 0.717) is 108 Å². The van der Waals surface area contributed by atoms with E-state index in [2.05, 4.69) is 71.9 Å². The van der Waals surface area contributed by atoms with Crippen molar-refractivity contribution in [2.24, 2.45) is 71.0 Å². The largest absolute Gasteiger partial charge is 0.463 e. The first kappa shape index (κ1) is 76.8. The number of aliphatic hydroxyl groups is 3. The summed E-state index contributed by atoms with van der Waals surface area (Å²) < 4.78 is 38.3. The lowest BCUT2D eigenvalue weighted by atomic mass is 9.47. The first-order valence-electron chi connectivity index (χ1n) is 37.5. The number of ether oxygens (including phenoxy) is 7. The van der Waals surface area contributed by atoms with Crippen molar-refractivity contribution in [1.82, 2.24) is 0 Å². The fourth-order valence-corrected chi connectivity index (χ4v) is 22.5. The van der Waals surface area contributed by atoms with Crippen LogP contribution in [0.1, 0.15) is 262 Å². The number of hydrogen-bond donors (Lipinski definition) is 3. The Balaban J connectivity index is 0.000000138. The third-order valence-corrected chi connectivity index (χ3v) is 25.4. The van der Waals surface area contributed by atoms with Crippen LogP contribution in [-0.4, -0.2) is 115 Å². The number of hydrogen-bond acceptors (Lipinski definition) is 17. The van der Waals surface area contributed by atoms with Crippen LogP contribution in [0, 0.1) is 71.0 Å². The molecule has 0 spiro atoms. The Morgan fingerprint density at radius 3 is 1.20 bits per heavy atom. The number of rotatable bonds is 15. The van der Waals surface area contributed by atoms with E-state index in [1.807, 2.05) is 0 Å². The minimum atomic E-state index is -0.858. The van der Waals surface area contributed by atoms with Crippen LogP contribution in [0.4, 0.5) is 0 Å². The molecule has 17 nitrogen and oxygen atoms in total. The average Bonchev–Trinajstić information content (AvgIpc) is 0.784. The molecule has 546 valence electrons. The van der Waals surface area contributed by atoms with Gasteiger partial charge in [0.1, 0.15) is 28.0 Å². The molecule has 98 heavy (non-hydrogen) atoms. The molecule has 0 aromatic rings. The summed E-state index contributed by atoms with van der Waals surface area (Å²) in [5.41, 5.74) is -1.23. The van der Waals surface area contributed by atoms with Crippen molar-refractivity contribution in [1.29, 1.82) is 0 Å². The van der Waals surface area contributed by atoms with Crippen molar-refractivity contribution < 1.29 is 82.0 Å². The van der Waals surface area contributed by atoms with Crippen molar-refractivity contribution >= 4 is 41.8 Å². The van der Waals surface area contributed by atoms with Crippen LogP contribution in [0.2, 0.25) is 0 Å². The van der Waals surface area contributed by atoms with Crippen LogP contribution in [-0.2, 0) is 66.7 Å². The van der Waals surface area contributed by atoms with Crippen LogP contribution in [0.15, 0.2) is 72.9 Å². The zero-order valence-corrected chi connectivity index (χ0v) is 61.2. The van der Waals surface area contributed by atoms with E-state index in [1.165, 1.54) is 96.8 Å². The second-order valence-corrected chi connectivity index (χ2v) is 34.5. The van der Waals surface area contributed by atoms with Crippen LogP contribution >= 0.6 is 0 Å². The molecule has 18 rings (SSSR count). The van der Waals surface area contributed by atoms with E-state index in [0.717, 1.165) is 94.3 Å². The number of carbonyl (C=O) groups excluding carboxylic acids is 7. The molecule has 0 aromatic carbocycles. The molecule has 0 aromatic heterocycles. The Labute approximate surface area is 584 Å². The van der Waals surface area contributed by atoms with Gasteiger partial charge in [0.05, 0.1) is 23.4 Å². The smallest absolute Gasteiger partial charge is 0.347 e. The van der Waals surface area contributed by atoms with E-state index in [-0.39, 0.29) is 52.2 Å². The summed E-state index contributed by atoms with van der Waals surface area (Å²) in [6.45, 7) is 40.8. The first-order chi connectivity index (χ1) is 45.8. The van der Waals surface area contributed by atoms with Crippen LogP contribution in [0.25, 0.3) is 0 Å². The van der Waals surface area contributed by atoms with Crippen molar-refractivity contribution in [3.8, 4) is 0 Å². The SMILES string of the molecule is C=C(C)C(=O)OC1(C(C)C)C2CC3CC(C2)CC1C3.C=C(C)C(=O)OC1(CC)C2CC3CC(C2)CC1C3.C=C(C)C(=O)OC1(CC)CCCCC1.C=C(C)C(=O)OC12CC3CC(CC(O)(C3)C1)C2.C=C(C)C(=O)OC12CC3CC(O)(CC(O)(C3)C1)C2.C=C(C)C(=O)OC1CCOC1=O. The van der Waals surface area contributed by atoms with Gasteiger partial charge in [-0.05, 0) is 267 Å². The lowest BCUT2D eigenvalue weighted by Crippen LogP contribution is -2.66. The fourth-order valence-electron chi connectivity index (χ4n) is 22.5. The monoisotopic (exact) mass is 1360 g/mol. The predicted molar refractivity (Wildman–Crippen MR) is 372 cm³/mol. The van der Waals surface area contributed by atoms with E-state index < -0.39 is 52.0 Å². The Morgan fingerprint density at radius 2 is 0.816 bits per heavy atom. The highest BCUT2D eigenvalue weighted by Gasteiger charge is 2.66. The zero-order valence-electron chi connectivity index (χ0n) is 61.2. The van der Waals surface area contributed by atoms with Crippen LogP contribution in [0.5, 0.6) is 0 Å². The molecule has 17 saturated carbocycles. The van der Waals surface area contributed by atoms with E-state index >= 15 is 0 Å². The standard InChI is InChI=1S/C17H26O2.C16H24O2.C14H20O4.C14H20O3.C12H20O2.C8H10O4/c1-10(2)16(18)19-17(11(3)4)14-6-12-5-13(8-14)9-15(17)7-12;1-4-16(18-15(17)10(2)3)13-6-11-5-12(8-13)9-14(16)7-11;1-9(2)11(15)18-14-5-10-3-12(16,7-14)6-13(17,4-10)8-14;1-9(2)12(15)17-14-6-10-3-11(7-14)5-13(16,4-10)8-14;1-4-12(8-6-5-7-9-12)14-11(13)10(2)3;1-5(2)7(9)12-6-3-4-11-8(6)10/h11-15H,1,5-9H2,2-4H3;11-14H,2,4-9H2,1,3H3;10,16-17H,1,3-8H2,2H3;10-11,16H,1,3-8H2,2H3;2,4-9H2,1,3H3;6H,1,3-4H2,2H3. The maximum atomic E-state index is 12.1. The maximum absolute atomic E-state index is 12.1. The minimum Gasteiger partial charge on any atom is -0.463 e. The van der Waals surface area contributed by atoms with Gasteiger partial charge >= 0.3 is 41.8 Å². The lowest BCUT2D eigenvalue weighted by molar-refractivity contribution is -0.260. The molecule has 1 aliphatic heterocycles. The molecular weight excluding hydrogens is 1240 g/mol. The van der Waals surface area contributed by atoms with Gasteiger partial charge in [0.2, 0.25) is 6.10 Å². The third kappa shape index (κ3) is 17.0. The normalized spacial score (nSPS) is 39.4. The average molecular weight is 1370 g/mol. The van der Waals surface area contributed by atoms with E-state index in [4.69, 9.17) is 28.4 Å². The van der Waals surface area contributed by atoms with Crippen LogP contribution < -0.4 is 0 Å². The molecule has 5 unspecified atom stereocenters. The van der Waals surface area contributed by atoms with Crippen LogP contribution in [0.3, 0.4) is 0 Å². The molecule has 18 fully saturated rings. The summed E-state index contributed by atoms with van der Waals surface area (Å²) in [4.78, 5) is 80.8. The predicted octanol–water partition coefficient (Wildman–Crippen LogP) is 14.8. The van der Waals surface area contributed by atoms with Gasteiger partial charge in [0, 0.05) is 65.5 Å². The van der Waals surface area contributed by atoms with Crippen molar-refractivity contribution in [2.45, 2.75) is 313 Å². The topological polar surface area (TPSA) is 245 Å². The molecule has 5 atom stereocenters. The van der Waals surface area contributed by atoms with Crippen molar-refractivity contribution in [2.75, 3.05) is 6.61 Å². The molecule has 0 radical (unpaired) electrons. The van der Waals surface area contributed by atoms with Gasteiger partial charge in [-0.25, -0.2) is 33.6 Å². The van der Waals surface area contributed by atoms with Gasteiger partial charge in [-0.15, -0.1) is 0 Å². The highest BCUT2D eigenvalue weighted by atomic mass is 16.6. The molecular formula is C81H120O17. The first-order valence-corrected chi connectivity index (χ1v) is 37.5. The number of esters is 7. The highest BCUT2D eigenvalue weighted by Crippen LogP contribution is 2.65. The molecule has 3 N–H and O–H groups in total. The molecule has 18 aliphatic rings. The summed E-state index contributed by atoms with van der Waals surface area (Å²) in [6.07, 6.45) is 29.4. The van der Waals surface area contributed by atoms with Crippen molar-refractivity contribution in [3.05, 3.63) is 72.9 Å². The second kappa shape index (κ2) is 29.9. The Morgan fingerprint density at radius 1 is 0.439 bits per heavy atom. The third-order valence-electron chi connectivity index (χ3n) is 25.4. The van der Waals surface area contributed by atoms with Gasteiger partial charge in [-0.2, -0.15) is 0 Å². The van der Waals surface area contributed by atoms with E-state index in [9.17, 15) is 48.9 Å². The highest BCUT2D eigenvalue weighted by molar-refractivity contribution is 5.90. The summed E-state index contributed by atoms with van der Waals surface area (Å²) in [5, 5.41) is 31.5. The van der Waals surface area contributed by atoms with Gasteiger partial charge in [0.15, 0.2) is 0 Å². The zero-order chi connectivity index (χ0) is 71.9. The van der Waals surface area contributed by atoms with Gasteiger partial charge < -0.3 is 48.5 Å². The summed E-state index contributed by atoms with van der Waals surface area (Å²) in [5.74, 6) is 5.48. The number of cyclic esters (lactones) is 1. The van der Waals surface area contributed by atoms with E-state index in [1.54, 1.807) is 34.6 Å². The molecule has 1 saturated heterocycles. The summed E-state index contributed by atoms with van der Waals surface area (Å²) in [7, 11) is 0. The molecule has 0 amide bonds. The summed E-state index contributed by atoms with van der Waals surface area (Å²) >= 11 is 0. The Hall–Kier alpha value is -5.39.